The van der Waals surface area contributed by atoms with E-state index in [9.17, 15) is 5.11 Å². The largest absolute Gasteiger partial charge is 0.508 e. The highest BCUT2D eigenvalue weighted by atomic mass is 16.5. The molecule has 9 nitrogen and oxygen atoms in total. The lowest BCUT2D eigenvalue weighted by Gasteiger charge is -2.42. The van der Waals surface area contributed by atoms with Gasteiger partial charge in [-0.15, -0.1) is 0 Å². The van der Waals surface area contributed by atoms with Crippen molar-refractivity contribution in [3.05, 3.63) is 73.2 Å². The van der Waals surface area contributed by atoms with Gasteiger partial charge in [0.05, 0.1) is 11.7 Å². The fourth-order valence-corrected chi connectivity index (χ4v) is 7.31. The molecule has 0 radical (unpaired) electrons. The van der Waals surface area contributed by atoms with Crippen LogP contribution in [0.25, 0.3) is 32.8 Å². The number of anilines is 2. The molecule has 5 aromatic rings. The highest BCUT2D eigenvalue weighted by molar-refractivity contribution is 6.01. The number of hydrogen-bond acceptors (Lipinski definition) is 9. The maximum atomic E-state index is 10.5. The van der Waals surface area contributed by atoms with Gasteiger partial charge in [-0.3, -0.25) is 4.98 Å². The third-order valence-electron chi connectivity index (χ3n) is 9.49. The van der Waals surface area contributed by atoms with E-state index >= 15 is 0 Å². The molecule has 3 aliphatic rings. The van der Waals surface area contributed by atoms with Crippen LogP contribution in [-0.4, -0.2) is 81.4 Å². The molecule has 3 fully saturated rings. The van der Waals surface area contributed by atoms with Crippen LogP contribution in [0.1, 0.15) is 25.7 Å². The third kappa shape index (κ3) is 4.77. The predicted molar refractivity (Wildman–Crippen MR) is 169 cm³/mol. The molecular formula is C34H35N7O2. The number of fused-ring (bicyclic) bond motifs is 4. The first kappa shape index (κ1) is 26.2. The minimum Gasteiger partial charge on any atom is -0.508 e. The number of phenols is 1. The van der Waals surface area contributed by atoms with E-state index in [1.807, 2.05) is 36.5 Å². The number of aromatic hydroxyl groups is 1. The van der Waals surface area contributed by atoms with Crippen LogP contribution in [0.2, 0.25) is 0 Å². The second-order valence-electron chi connectivity index (χ2n) is 12.1. The number of aromatic nitrogens is 4. The van der Waals surface area contributed by atoms with Gasteiger partial charge in [0.15, 0.2) is 0 Å². The molecule has 3 aliphatic heterocycles. The monoisotopic (exact) mass is 573 g/mol. The predicted octanol–water partition coefficient (Wildman–Crippen LogP) is 5.28. The van der Waals surface area contributed by atoms with Gasteiger partial charge in [0.2, 0.25) is 0 Å². The smallest absolute Gasteiger partial charge is 0.319 e. The summed E-state index contributed by atoms with van der Waals surface area (Å²) in [6, 6.07) is 19.6. The molecule has 0 saturated carbocycles. The molecule has 3 aromatic carbocycles. The number of rotatable bonds is 6. The summed E-state index contributed by atoms with van der Waals surface area (Å²) in [5.74, 6) is 2.12. The molecule has 1 N–H and O–H groups in total. The van der Waals surface area contributed by atoms with Crippen LogP contribution in [-0.2, 0) is 0 Å². The fourth-order valence-electron chi connectivity index (χ4n) is 7.31. The Morgan fingerprint density at radius 3 is 2.58 bits per heavy atom. The SMILES string of the molecule is CN1CCC[C@H]1COc1nc(N2C3CCC2CN(c2cnccn2)C3)c2ccc(-c3cc(O)cc4ccccc34)cc2n1. The number of ether oxygens (including phenoxy) is 1. The second kappa shape index (κ2) is 10.6. The van der Waals surface area contributed by atoms with Crippen molar-refractivity contribution in [1.82, 2.24) is 24.8 Å². The molecule has 3 saturated heterocycles. The summed E-state index contributed by atoms with van der Waals surface area (Å²) in [5.41, 5.74) is 2.83. The molecular weight excluding hydrogens is 538 g/mol. The Kier molecular flexibility index (Phi) is 6.48. The van der Waals surface area contributed by atoms with Gasteiger partial charge in [-0.25, -0.2) is 4.98 Å². The molecule has 9 heteroatoms. The van der Waals surface area contributed by atoms with E-state index in [4.69, 9.17) is 14.7 Å². The Labute approximate surface area is 250 Å². The summed E-state index contributed by atoms with van der Waals surface area (Å²) in [5, 5.41) is 13.7. The van der Waals surface area contributed by atoms with Crippen molar-refractivity contribution in [3.8, 4) is 22.9 Å². The zero-order chi connectivity index (χ0) is 28.9. The second-order valence-corrected chi connectivity index (χ2v) is 12.1. The van der Waals surface area contributed by atoms with Crippen LogP contribution in [0, 0.1) is 0 Å². The zero-order valence-corrected chi connectivity index (χ0v) is 24.3. The summed E-state index contributed by atoms with van der Waals surface area (Å²) in [6.45, 7) is 3.42. The van der Waals surface area contributed by atoms with E-state index in [1.54, 1.807) is 12.4 Å². The highest BCUT2D eigenvalue weighted by Crippen LogP contribution is 2.41. The van der Waals surface area contributed by atoms with Crippen LogP contribution >= 0.6 is 0 Å². The standard InChI is InChI=1S/C34H35N7O2/c1-39-14-4-6-26(39)21-43-34-37-31-16-23(30-17-27(42)15-22-5-2-3-7-28(22)30)8-11-29(31)33(38-34)41-24-9-10-25(41)20-40(19-24)32-18-35-12-13-36-32/h2-3,5,7-8,11-13,15-18,24-26,42H,4,6,9-10,14,19-21H2,1H3/t24?,25?,26-/m0/s1. The molecule has 218 valence electrons. The Hall–Kier alpha value is -4.50. The minimum atomic E-state index is 0.249. The van der Waals surface area contributed by atoms with E-state index in [0.717, 1.165) is 83.3 Å². The van der Waals surface area contributed by atoms with Crippen molar-refractivity contribution >= 4 is 33.3 Å². The van der Waals surface area contributed by atoms with Gasteiger partial charge in [-0.1, -0.05) is 30.3 Å². The number of piperazine rings is 1. The number of nitrogens with zero attached hydrogens (tertiary/aromatic N) is 7. The summed E-state index contributed by atoms with van der Waals surface area (Å²) in [7, 11) is 2.16. The van der Waals surface area contributed by atoms with Crippen LogP contribution < -0.4 is 14.5 Å². The van der Waals surface area contributed by atoms with Crippen LogP contribution in [0.4, 0.5) is 11.6 Å². The van der Waals surface area contributed by atoms with E-state index in [0.29, 0.717) is 30.7 Å². The van der Waals surface area contributed by atoms with E-state index in [-0.39, 0.29) is 5.75 Å². The lowest BCUT2D eigenvalue weighted by Crippen LogP contribution is -2.54. The number of likely N-dealkylation sites (N-methyl/N-ethyl adjacent to an activating group) is 1. The molecule has 8 rings (SSSR count). The zero-order valence-electron chi connectivity index (χ0n) is 24.3. The van der Waals surface area contributed by atoms with Crippen LogP contribution in [0.15, 0.2) is 73.2 Å². The molecule has 2 unspecified atom stereocenters. The van der Waals surface area contributed by atoms with E-state index in [1.165, 1.54) is 6.42 Å². The maximum absolute atomic E-state index is 10.5. The minimum absolute atomic E-state index is 0.249. The van der Waals surface area contributed by atoms with Crippen molar-refractivity contribution in [2.45, 2.75) is 43.8 Å². The Bertz CT molecular complexity index is 1790. The third-order valence-corrected chi connectivity index (χ3v) is 9.49. The first-order valence-corrected chi connectivity index (χ1v) is 15.3. The molecule has 3 atom stereocenters. The molecule has 0 aliphatic carbocycles. The summed E-state index contributed by atoms with van der Waals surface area (Å²) in [4.78, 5) is 26.2. The van der Waals surface area contributed by atoms with Gasteiger partial charge in [0.25, 0.3) is 0 Å². The van der Waals surface area contributed by atoms with Crippen molar-refractivity contribution in [3.63, 3.8) is 0 Å². The quantitative estimate of drug-likeness (QED) is 0.292. The van der Waals surface area contributed by atoms with Gasteiger partial charge in [0.1, 0.15) is 24.0 Å². The molecule has 2 aromatic heterocycles. The first-order valence-electron chi connectivity index (χ1n) is 15.3. The van der Waals surface area contributed by atoms with Gasteiger partial charge < -0.3 is 24.5 Å². The van der Waals surface area contributed by atoms with Crippen molar-refractivity contribution in [1.29, 1.82) is 0 Å². The maximum Gasteiger partial charge on any atom is 0.319 e. The average molecular weight is 574 g/mol. The summed E-state index contributed by atoms with van der Waals surface area (Å²) < 4.78 is 6.36. The number of phenolic OH excluding ortho intramolecular Hbond substituents is 1. The van der Waals surface area contributed by atoms with Gasteiger partial charge in [-0.05, 0) is 85.4 Å². The lowest BCUT2D eigenvalue weighted by molar-refractivity contribution is 0.188. The Morgan fingerprint density at radius 2 is 1.79 bits per heavy atom. The van der Waals surface area contributed by atoms with Crippen LogP contribution in [0.3, 0.4) is 0 Å². The number of likely N-dealkylation sites (tertiary alicyclic amines) is 1. The van der Waals surface area contributed by atoms with Crippen molar-refractivity contribution in [2.24, 2.45) is 0 Å². The van der Waals surface area contributed by atoms with E-state index < -0.39 is 0 Å². The van der Waals surface area contributed by atoms with Crippen molar-refractivity contribution < 1.29 is 9.84 Å². The van der Waals surface area contributed by atoms with Gasteiger partial charge in [-0.2, -0.15) is 9.97 Å². The van der Waals surface area contributed by atoms with Crippen molar-refractivity contribution in [2.75, 3.05) is 43.1 Å². The summed E-state index contributed by atoms with van der Waals surface area (Å²) in [6.07, 6.45) is 9.86. The molecule has 0 amide bonds. The first-order chi connectivity index (χ1) is 21.1. The lowest BCUT2D eigenvalue weighted by atomic mass is 9.97. The highest BCUT2D eigenvalue weighted by Gasteiger charge is 2.42. The van der Waals surface area contributed by atoms with Gasteiger partial charge >= 0.3 is 6.01 Å². The average Bonchev–Trinajstić information content (AvgIpc) is 3.57. The Balaban J connectivity index is 1.20. The number of benzene rings is 3. The topological polar surface area (TPSA) is 90.7 Å². The van der Waals surface area contributed by atoms with E-state index in [2.05, 4.69) is 56.0 Å². The molecule has 5 heterocycles. The molecule has 43 heavy (non-hydrogen) atoms. The molecule has 2 bridgehead atoms. The van der Waals surface area contributed by atoms with Crippen LogP contribution in [0.5, 0.6) is 11.8 Å². The fraction of sp³-hybridized carbons (Fsp3) is 0.353. The molecule has 0 spiro atoms. The Morgan fingerprint density at radius 1 is 0.930 bits per heavy atom. The van der Waals surface area contributed by atoms with Gasteiger partial charge in [0, 0.05) is 49.0 Å². The summed E-state index contributed by atoms with van der Waals surface area (Å²) >= 11 is 0. The normalized spacial score (nSPS) is 22.1. The number of hydrogen-bond donors (Lipinski definition) is 1.